The number of ether oxygens (including phenoxy) is 1. The Morgan fingerprint density at radius 2 is 1.34 bits per heavy atom. The first-order valence-corrected chi connectivity index (χ1v) is 12.2. The number of hydrogen-bond acceptors (Lipinski definition) is 4. The fourth-order valence-corrected chi connectivity index (χ4v) is 5.92. The Kier molecular flexibility index (Phi) is 5.45. The molecule has 0 aliphatic carbocycles. The number of para-hydroxylation sites is 2. The topological polar surface area (TPSA) is 75.7 Å². The van der Waals surface area contributed by atoms with Crippen LogP contribution in [0, 0.1) is 5.92 Å². The van der Waals surface area contributed by atoms with Crippen LogP contribution in [-0.2, 0) is 14.8 Å². The lowest BCUT2D eigenvalue weighted by Gasteiger charge is -2.33. The van der Waals surface area contributed by atoms with E-state index in [1.165, 1.54) is 4.31 Å². The van der Waals surface area contributed by atoms with Crippen molar-refractivity contribution in [2.45, 2.75) is 23.8 Å². The van der Waals surface area contributed by atoms with Gasteiger partial charge >= 0.3 is 0 Å². The number of fused-ring (bicyclic) bond motifs is 2. The molecule has 5 rings (SSSR count). The highest BCUT2D eigenvalue weighted by Gasteiger charge is 2.34. The molecular formula is C25H24N2O4S. The van der Waals surface area contributed by atoms with Gasteiger partial charge < -0.3 is 10.1 Å². The third-order valence-corrected chi connectivity index (χ3v) is 8.09. The van der Waals surface area contributed by atoms with E-state index in [9.17, 15) is 13.2 Å². The van der Waals surface area contributed by atoms with Crippen molar-refractivity contribution in [1.82, 2.24) is 9.62 Å². The first kappa shape index (κ1) is 20.7. The minimum atomic E-state index is -3.53. The molecule has 2 aliphatic rings. The van der Waals surface area contributed by atoms with Crippen LogP contribution in [0.5, 0.6) is 11.5 Å². The Balaban J connectivity index is 1.30. The van der Waals surface area contributed by atoms with Gasteiger partial charge in [-0.2, -0.15) is 4.31 Å². The average molecular weight is 449 g/mol. The third-order valence-electron chi connectivity index (χ3n) is 6.17. The number of rotatable bonds is 4. The van der Waals surface area contributed by atoms with E-state index in [4.69, 9.17) is 4.74 Å². The van der Waals surface area contributed by atoms with Gasteiger partial charge in [-0.05, 0) is 37.1 Å². The van der Waals surface area contributed by atoms with Crippen molar-refractivity contribution in [1.29, 1.82) is 0 Å². The van der Waals surface area contributed by atoms with Crippen LogP contribution < -0.4 is 10.1 Å². The average Bonchev–Trinajstić information content (AvgIpc) is 2.84. The van der Waals surface area contributed by atoms with Gasteiger partial charge in [0, 0.05) is 30.1 Å². The first-order chi connectivity index (χ1) is 15.5. The molecule has 0 unspecified atom stereocenters. The highest BCUT2D eigenvalue weighted by atomic mass is 32.2. The van der Waals surface area contributed by atoms with Crippen molar-refractivity contribution in [3.05, 3.63) is 90.0 Å². The molecule has 32 heavy (non-hydrogen) atoms. The van der Waals surface area contributed by atoms with E-state index in [2.05, 4.69) is 5.32 Å². The SMILES string of the molecule is O=C(NC1c2ccccc2Oc2ccccc21)C1CCN(S(=O)(=O)c2ccccc2)CC1. The molecule has 1 amide bonds. The minimum Gasteiger partial charge on any atom is -0.457 e. The Labute approximate surface area is 187 Å². The molecule has 0 spiro atoms. The maximum absolute atomic E-state index is 13.2. The lowest BCUT2D eigenvalue weighted by molar-refractivity contribution is -0.126. The molecule has 2 heterocycles. The van der Waals surface area contributed by atoms with Gasteiger partial charge in [0.15, 0.2) is 0 Å². The zero-order valence-electron chi connectivity index (χ0n) is 17.5. The standard InChI is InChI=1S/C25H24N2O4S/c28-25(18-14-16-27(17-15-18)32(29,30)19-8-2-1-3-9-19)26-24-20-10-4-6-12-22(20)31-23-13-7-5-11-21(23)24/h1-13,18,24H,14-17H2,(H,26,28). The predicted molar refractivity (Wildman–Crippen MR) is 121 cm³/mol. The van der Waals surface area contributed by atoms with Gasteiger partial charge in [0.05, 0.1) is 10.9 Å². The number of hydrogen-bond donors (Lipinski definition) is 1. The van der Waals surface area contributed by atoms with E-state index in [-0.39, 0.29) is 17.9 Å². The lowest BCUT2D eigenvalue weighted by Crippen LogP contribution is -2.44. The van der Waals surface area contributed by atoms with Crippen LogP contribution in [0.4, 0.5) is 0 Å². The summed E-state index contributed by atoms with van der Waals surface area (Å²) < 4.78 is 33.2. The van der Waals surface area contributed by atoms with E-state index < -0.39 is 10.0 Å². The fraction of sp³-hybridized carbons (Fsp3) is 0.240. The minimum absolute atomic E-state index is 0.0572. The molecule has 0 atom stereocenters. The molecule has 1 saturated heterocycles. The van der Waals surface area contributed by atoms with Crippen LogP contribution in [0.15, 0.2) is 83.8 Å². The molecule has 3 aromatic carbocycles. The fourth-order valence-electron chi connectivity index (χ4n) is 4.43. The summed E-state index contributed by atoms with van der Waals surface area (Å²) in [5, 5.41) is 3.20. The summed E-state index contributed by atoms with van der Waals surface area (Å²) in [6.07, 6.45) is 0.981. The number of amides is 1. The molecule has 7 heteroatoms. The van der Waals surface area contributed by atoms with Crippen molar-refractivity contribution in [2.24, 2.45) is 5.92 Å². The molecule has 0 saturated carbocycles. The first-order valence-electron chi connectivity index (χ1n) is 10.8. The second-order valence-electron chi connectivity index (χ2n) is 8.11. The monoisotopic (exact) mass is 448 g/mol. The largest absolute Gasteiger partial charge is 0.457 e. The Hall–Kier alpha value is -3.16. The van der Waals surface area contributed by atoms with Crippen LogP contribution in [0.2, 0.25) is 0 Å². The Morgan fingerprint density at radius 1 is 0.812 bits per heavy atom. The van der Waals surface area contributed by atoms with Gasteiger partial charge in [-0.3, -0.25) is 4.79 Å². The van der Waals surface area contributed by atoms with E-state index in [0.717, 1.165) is 22.6 Å². The second-order valence-corrected chi connectivity index (χ2v) is 10.0. The van der Waals surface area contributed by atoms with Crippen molar-refractivity contribution in [2.75, 3.05) is 13.1 Å². The van der Waals surface area contributed by atoms with Crippen molar-refractivity contribution >= 4 is 15.9 Å². The highest BCUT2D eigenvalue weighted by Crippen LogP contribution is 2.42. The van der Waals surface area contributed by atoms with Gasteiger partial charge in [-0.25, -0.2) is 8.42 Å². The van der Waals surface area contributed by atoms with E-state index in [1.54, 1.807) is 30.3 Å². The van der Waals surface area contributed by atoms with Crippen LogP contribution >= 0.6 is 0 Å². The van der Waals surface area contributed by atoms with Gasteiger partial charge in [-0.1, -0.05) is 54.6 Å². The third kappa shape index (κ3) is 3.78. The maximum atomic E-state index is 13.2. The number of benzene rings is 3. The smallest absolute Gasteiger partial charge is 0.243 e. The summed E-state index contributed by atoms with van der Waals surface area (Å²) in [5.74, 6) is 1.18. The zero-order valence-corrected chi connectivity index (χ0v) is 18.3. The molecule has 0 aromatic heterocycles. The molecule has 0 bridgehead atoms. The lowest BCUT2D eigenvalue weighted by atomic mass is 9.92. The molecule has 0 radical (unpaired) electrons. The van der Waals surface area contributed by atoms with Crippen molar-refractivity contribution in [3.8, 4) is 11.5 Å². The number of piperidine rings is 1. The summed E-state index contributed by atoms with van der Waals surface area (Å²) in [7, 11) is -3.53. The van der Waals surface area contributed by atoms with Crippen LogP contribution in [-0.4, -0.2) is 31.7 Å². The normalized spacial score (nSPS) is 17.1. The molecule has 164 valence electrons. The van der Waals surface area contributed by atoms with E-state index in [1.807, 2.05) is 48.5 Å². The van der Waals surface area contributed by atoms with Crippen molar-refractivity contribution in [3.63, 3.8) is 0 Å². The van der Waals surface area contributed by atoms with Crippen molar-refractivity contribution < 1.29 is 17.9 Å². The molecule has 1 fully saturated rings. The van der Waals surface area contributed by atoms with Gasteiger partial charge in [0.1, 0.15) is 11.5 Å². The van der Waals surface area contributed by atoms with Gasteiger partial charge in [0.25, 0.3) is 0 Å². The second kappa shape index (κ2) is 8.41. The summed E-state index contributed by atoms with van der Waals surface area (Å²) in [4.78, 5) is 13.5. The molecule has 2 aliphatic heterocycles. The quantitative estimate of drug-likeness (QED) is 0.652. The number of carbonyl (C=O) groups excluding carboxylic acids is 1. The Bertz CT molecular complexity index is 1190. The maximum Gasteiger partial charge on any atom is 0.243 e. The van der Waals surface area contributed by atoms with Crippen LogP contribution in [0.3, 0.4) is 0 Å². The molecule has 3 aromatic rings. The summed E-state index contributed by atoms with van der Waals surface area (Å²) in [5.41, 5.74) is 1.84. The Morgan fingerprint density at radius 3 is 1.94 bits per heavy atom. The van der Waals surface area contributed by atoms with Gasteiger partial charge in [-0.15, -0.1) is 0 Å². The van der Waals surface area contributed by atoms with E-state index in [0.29, 0.717) is 30.8 Å². The summed E-state index contributed by atoms with van der Waals surface area (Å²) in [6, 6.07) is 23.6. The summed E-state index contributed by atoms with van der Waals surface area (Å²) in [6.45, 7) is 0.659. The molecule has 6 nitrogen and oxygen atoms in total. The summed E-state index contributed by atoms with van der Waals surface area (Å²) >= 11 is 0. The van der Waals surface area contributed by atoms with Crippen LogP contribution in [0.1, 0.15) is 30.0 Å². The number of nitrogens with one attached hydrogen (secondary N) is 1. The van der Waals surface area contributed by atoms with Crippen LogP contribution in [0.25, 0.3) is 0 Å². The highest BCUT2D eigenvalue weighted by molar-refractivity contribution is 7.89. The predicted octanol–water partition coefficient (Wildman–Crippen LogP) is 4.10. The number of sulfonamides is 1. The zero-order chi connectivity index (χ0) is 22.1. The number of nitrogens with zero attached hydrogens (tertiary/aromatic N) is 1. The van der Waals surface area contributed by atoms with E-state index >= 15 is 0 Å². The molecule has 1 N–H and O–H groups in total. The molecular weight excluding hydrogens is 424 g/mol. The van der Waals surface area contributed by atoms with Gasteiger partial charge in [0.2, 0.25) is 15.9 Å². The number of carbonyl (C=O) groups is 1.